The van der Waals surface area contributed by atoms with Crippen molar-refractivity contribution in [3.8, 4) is 12.3 Å². The van der Waals surface area contributed by atoms with E-state index in [9.17, 15) is 18.3 Å². The second kappa shape index (κ2) is 10.3. The molecule has 4 rings (SSSR count). The van der Waals surface area contributed by atoms with Gasteiger partial charge in [0.2, 0.25) is 6.23 Å². The average molecular weight is 567 g/mol. The van der Waals surface area contributed by atoms with E-state index in [0.29, 0.717) is 11.3 Å². The Bertz CT molecular complexity index is 1530. The minimum atomic E-state index is -4.77. The predicted octanol–water partition coefficient (Wildman–Crippen LogP) is 2.23. The molecule has 3 heterocycles. The van der Waals surface area contributed by atoms with E-state index in [1.165, 1.54) is 25.5 Å². The zero-order chi connectivity index (χ0) is 28.6. The third-order valence-corrected chi connectivity index (χ3v) is 6.14. The number of amides is 1. The number of hydrogen-bond acceptors (Lipinski definition) is 11. The number of anilines is 2. The van der Waals surface area contributed by atoms with Gasteiger partial charge < -0.3 is 19.9 Å². The maximum absolute atomic E-state index is 15.1. The van der Waals surface area contributed by atoms with Crippen LogP contribution in [0.15, 0.2) is 36.9 Å². The first kappa shape index (κ1) is 28.1. The molecule has 0 unspecified atom stereocenters. The zero-order valence-corrected chi connectivity index (χ0v) is 21.6. The highest BCUT2D eigenvalue weighted by Crippen LogP contribution is 2.44. The van der Waals surface area contributed by atoms with Crippen molar-refractivity contribution in [2.24, 2.45) is 0 Å². The lowest BCUT2D eigenvalue weighted by atomic mass is 10.1. The lowest BCUT2D eigenvalue weighted by Crippen LogP contribution is -2.41. The van der Waals surface area contributed by atoms with E-state index in [1.54, 1.807) is 24.3 Å². The number of carbonyl (C=O) groups excluding carboxylic acids is 1. The Morgan fingerprint density at radius 1 is 1.31 bits per heavy atom. The molecule has 208 valence electrons. The van der Waals surface area contributed by atoms with Crippen LogP contribution in [0.3, 0.4) is 0 Å². The first-order valence-corrected chi connectivity index (χ1v) is 12.7. The van der Waals surface area contributed by atoms with E-state index in [-0.39, 0.29) is 17.0 Å². The number of ether oxygens (including phenoxy) is 2. The molecular formula is C23H24F2N6O7S. The number of aliphatic hydroxyl groups is 1. The van der Waals surface area contributed by atoms with Crippen LogP contribution in [0.4, 0.5) is 25.1 Å². The summed E-state index contributed by atoms with van der Waals surface area (Å²) in [5.74, 6) is -1.23. The summed E-state index contributed by atoms with van der Waals surface area (Å²) in [7, 11) is -4.77. The summed E-state index contributed by atoms with van der Waals surface area (Å²) in [6, 6.07) is 6.83. The maximum Gasteiger partial charge on any atom is 0.423 e. The van der Waals surface area contributed by atoms with Gasteiger partial charge in [-0.05, 0) is 39.0 Å². The number of nitrogens with one attached hydrogen (secondary N) is 2. The number of carbonyl (C=O) groups is 1. The molecule has 0 bridgehead atoms. The van der Waals surface area contributed by atoms with Crippen molar-refractivity contribution in [2.75, 3.05) is 11.9 Å². The monoisotopic (exact) mass is 566 g/mol. The molecule has 0 radical (unpaired) electrons. The van der Waals surface area contributed by atoms with E-state index in [2.05, 4.69) is 30.4 Å². The lowest BCUT2D eigenvalue weighted by Gasteiger charge is -2.20. The van der Waals surface area contributed by atoms with Crippen LogP contribution in [0, 0.1) is 12.3 Å². The molecule has 13 nitrogen and oxygen atoms in total. The number of imidazole rings is 1. The highest BCUT2D eigenvalue weighted by atomic mass is 32.2. The van der Waals surface area contributed by atoms with Gasteiger partial charge >= 0.3 is 22.3 Å². The molecule has 0 spiro atoms. The van der Waals surface area contributed by atoms with Gasteiger partial charge in [0.15, 0.2) is 23.1 Å². The molecule has 1 saturated heterocycles. The molecule has 3 aromatic rings. The second-order valence-electron chi connectivity index (χ2n) is 9.39. The lowest BCUT2D eigenvalue weighted by molar-refractivity contribution is -0.138. The Balaban J connectivity index is 1.52. The number of hydrogen-bond donors (Lipinski definition) is 3. The molecule has 16 heteroatoms. The van der Waals surface area contributed by atoms with E-state index >= 15 is 8.78 Å². The number of alkyl halides is 2. The van der Waals surface area contributed by atoms with Crippen LogP contribution >= 0.6 is 0 Å². The van der Waals surface area contributed by atoms with Crippen molar-refractivity contribution >= 4 is 39.1 Å². The summed E-state index contributed by atoms with van der Waals surface area (Å²) in [5.41, 5.74) is 0.217. The fraction of sp³-hybridized carbons (Fsp3) is 0.391. The molecule has 1 amide bonds. The maximum atomic E-state index is 15.1. The average Bonchev–Trinajstić information content (AvgIpc) is 3.35. The SMILES string of the molecule is C#Cc1cccc(Nc2ncnc3c2ncn3[C@@H]2O[C@H](COS(=O)(=O)NC(=O)OC(C)(C)C)[C@@H](O)C2(F)F)c1. The van der Waals surface area contributed by atoms with E-state index < -0.39 is 53.0 Å². The summed E-state index contributed by atoms with van der Waals surface area (Å²) in [6.45, 7) is 3.48. The normalized spacial score (nSPS) is 20.9. The fourth-order valence-corrected chi connectivity index (χ4v) is 4.25. The third kappa shape index (κ3) is 6.23. The van der Waals surface area contributed by atoms with Crippen LogP contribution in [-0.2, 0) is 24.0 Å². The van der Waals surface area contributed by atoms with Crippen molar-refractivity contribution in [2.45, 2.75) is 50.7 Å². The minimum absolute atomic E-state index is 0.0572. The highest BCUT2D eigenvalue weighted by molar-refractivity contribution is 7.85. The van der Waals surface area contributed by atoms with Gasteiger partial charge in [-0.3, -0.25) is 8.75 Å². The largest absolute Gasteiger partial charge is 0.443 e. The number of halogens is 2. The topological polar surface area (TPSA) is 167 Å². The predicted molar refractivity (Wildman–Crippen MR) is 132 cm³/mol. The summed E-state index contributed by atoms with van der Waals surface area (Å²) < 4.78 is 71.4. The highest BCUT2D eigenvalue weighted by Gasteiger charge is 2.60. The number of nitrogens with zero attached hydrogens (tertiary/aromatic N) is 4. The molecule has 1 aliphatic rings. The molecule has 1 aromatic carbocycles. The Kier molecular flexibility index (Phi) is 7.45. The Morgan fingerprint density at radius 3 is 2.74 bits per heavy atom. The second-order valence-corrected chi connectivity index (χ2v) is 10.7. The molecule has 39 heavy (non-hydrogen) atoms. The van der Waals surface area contributed by atoms with Gasteiger partial charge in [0.1, 0.15) is 18.0 Å². The van der Waals surface area contributed by atoms with Crippen molar-refractivity contribution in [3.63, 3.8) is 0 Å². The molecule has 0 aliphatic carbocycles. The number of terminal acetylenes is 1. The number of rotatable bonds is 7. The molecule has 0 saturated carbocycles. The van der Waals surface area contributed by atoms with Gasteiger partial charge in [-0.15, -0.1) is 6.42 Å². The van der Waals surface area contributed by atoms with Gasteiger partial charge in [-0.1, -0.05) is 12.0 Å². The van der Waals surface area contributed by atoms with Crippen LogP contribution < -0.4 is 10.0 Å². The Labute approximate surface area is 221 Å². The van der Waals surface area contributed by atoms with E-state index in [4.69, 9.17) is 15.9 Å². The van der Waals surface area contributed by atoms with Crippen LogP contribution in [0.2, 0.25) is 0 Å². The summed E-state index contributed by atoms with van der Waals surface area (Å²) >= 11 is 0. The van der Waals surface area contributed by atoms with Crippen LogP contribution in [0.1, 0.15) is 32.6 Å². The third-order valence-electron chi connectivity index (χ3n) is 5.28. The van der Waals surface area contributed by atoms with Crippen molar-refractivity contribution in [1.29, 1.82) is 0 Å². The van der Waals surface area contributed by atoms with Gasteiger partial charge in [-0.25, -0.2) is 19.7 Å². The fourth-order valence-electron chi connectivity index (χ4n) is 3.63. The zero-order valence-electron chi connectivity index (χ0n) is 20.8. The summed E-state index contributed by atoms with van der Waals surface area (Å²) in [4.78, 5) is 24.0. The van der Waals surface area contributed by atoms with Crippen LogP contribution in [0.25, 0.3) is 11.2 Å². The molecule has 3 N–H and O–H groups in total. The van der Waals surface area contributed by atoms with E-state index in [1.807, 2.05) is 0 Å². The minimum Gasteiger partial charge on any atom is -0.443 e. The van der Waals surface area contributed by atoms with Crippen molar-refractivity contribution in [1.82, 2.24) is 24.2 Å². The standard InChI is InChI=1S/C23H24F2N6O7S/c1-5-13-7-6-8-14(9-13)29-18-16-19(27-11-26-18)31(12-28-16)20-23(24,25)17(32)15(37-20)10-36-39(34,35)30-21(33)38-22(2,3)4/h1,6-9,11-12,15,17,20,32H,10H2,2-4H3,(H,30,33)(H,26,27,29)/t15-,17-,20-/m1/s1. The molecule has 2 aromatic heterocycles. The molecule has 3 atom stereocenters. The van der Waals surface area contributed by atoms with Gasteiger partial charge in [0.05, 0.1) is 12.9 Å². The first-order chi connectivity index (χ1) is 18.2. The number of aromatic nitrogens is 4. The summed E-state index contributed by atoms with van der Waals surface area (Å²) in [5, 5.41) is 13.2. The first-order valence-electron chi connectivity index (χ1n) is 11.3. The molecule has 1 aliphatic heterocycles. The van der Waals surface area contributed by atoms with Crippen molar-refractivity contribution < 1.29 is 40.8 Å². The van der Waals surface area contributed by atoms with Gasteiger partial charge in [0, 0.05) is 11.3 Å². The Hall–Kier alpha value is -3.91. The van der Waals surface area contributed by atoms with Crippen molar-refractivity contribution in [3.05, 3.63) is 42.5 Å². The number of fused-ring (bicyclic) bond motifs is 1. The molecular weight excluding hydrogens is 542 g/mol. The number of aliphatic hydroxyl groups excluding tert-OH is 1. The van der Waals surface area contributed by atoms with E-state index in [0.717, 1.165) is 17.2 Å². The molecule has 1 fully saturated rings. The quantitative estimate of drug-likeness (QED) is 0.359. The Morgan fingerprint density at radius 2 is 2.05 bits per heavy atom. The van der Waals surface area contributed by atoms with Gasteiger partial charge in [0.25, 0.3) is 0 Å². The number of benzene rings is 1. The smallest absolute Gasteiger partial charge is 0.423 e. The summed E-state index contributed by atoms with van der Waals surface area (Å²) in [6.07, 6.45) is -0.167. The van der Waals surface area contributed by atoms with Gasteiger partial charge in [-0.2, -0.15) is 21.9 Å². The van der Waals surface area contributed by atoms with Crippen LogP contribution in [0.5, 0.6) is 0 Å². The van der Waals surface area contributed by atoms with Crippen LogP contribution in [-0.4, -0.2) is 69.5 Å².